The van der Waals surface area contributed by atoms with Gasteiger partial charge in [0.2, 0.25) is 0 Å². The lowest BCUT2D eigenvalue weighted by Gasteiger charge is -2.28. The molecular weight excluding hydrogens is 356 g/mol. The minimum absolute atomic E-state index is 0.0207. The second-order valence-electron chi connectivity index (χ2n) is 7.03. The molecule has 4 heteroatoms. The van der Waals surface area contributed by atoms with Gasteiger partial charge >= 0.3 is 0 Å². The maximum Gasteiger partial charge on any atom is 0.256 e. The Balaban J connectivity index is 1.72. The molecule has 1 N–H and O–H groups in total. The molecule has 0 saturated carbocycles. The number of halogens is 1. The monoisotopic (exact) mass is 376 g/mol. The van der Waals surface area contributed by atoms with Crippen LogP contribution in [0.4, 0.5) is 5.69 Å². The fraction of sp³-hybridized carbons (Fsp3) is 0.174. The van der Waals surface area contributed by atoms with Crippen molar-refractivity contribution in [3.8, 4) is 0 Å². The van der Waals surface area contributed by atoms with Crippen LogP contribution in [-0.2, 0) is 6.54 Å². The zero-order valence-corrected chi connectivity index (χ0v) is 16.1. The topological polar surface area (TPSA) is 32.3 Å². The van der Waals surface area contributed by atoms with Crippen molar-refractivity contribution in [1.82, 2.24) is 4.90 Å². The molecule has 0 unspecified atom stereocenters. The molecule has 4 rings (SSSR count). The molecule has 0 aliphatic carbocycles. The Bertz CT molecular complexity index is 995. The molecule has 3 aromatic carbocycles. The van der Waals surface area contributed by atoms with Crippen molar-refractivity contribution >= 4 is 23.2 Å². The van der Waals surface area contributed by atoms with Gasteiger partial charge in [0, 0.05) is 28.4 Å². The number of amides is 1. The van der Waals surface area contributed by atoms with E-state index >= 15 is 0 Å². The van der Waals surface area contributed by atoms with E-state index in [1.54, 1.807) is 0 Å². The molecule has 0 bridgehead atoms. The molecule has 1 amide bonds. The van der Waals surface area contributed by atoms with Crippen LogP contribution in [0.1, 0.15) is 38.8 Å². The Kier molecular flexibility index (Phi) is 4.63. The van der Waals surface area contributed by atoms with E-state index in [1.165, 1.54) is 11.1 Å². The summed E-state index contributed by atoms with van der Waals surface area (Å²) in [5.74, 6) is 0.0207. The van der Waals surface area contributed by atoms with Gasteiger partial charge in [-0.15, -0.1) is 0 Å². The van der Waals surface area contributed by atoms with Gasteiger partial charge in [-0.05, 0) is 54.8 Å². The zero-order valence-electron chi connectivity index (χ0n) is 15.4. The average molecular weight is 377 g/mol. The summed E-state index contributed by atoms with van der Waals surface area (Å²) >= 11 is 6.35. The van der Waals surface area contributed by atoms with Crippen LogP contribution in [0.25, 0.3) is 0 Å². The summed E-state index contributed by atoms with van der Waals surface area (Å²) in [6, 6.07) is 21.8. The van der Waals surface area contributed by atoms with Crippen molar-refractivity contribution in [1.29, 1.82) is 0 Å². The van der Waals surface area contributed by atoms with E-state index in [0.717, 1.165) is 22.4 Å². The second kappa shape index (κ2) is 7.09. The molecular formula is C23H21ClN2O. The highest BCUT2D eigenvalue weighted by atomic mass is 35.5. The van der Waals surface area contributed by atoms with Crippen molar-refractivity contribution in [3.63, 3.8) is 0 Å². The van der Waals surface area contributed by atoms with Gasteiger partial charge in [0.15, 0.2) is 0 Å². The number of aryl methyl sites for hydroxylation is 2. The van der Waals surface area contributed by atoms with Gasteiger partial charge in [0.1, 0.15) is 6.17 Å². The lowest BCUT2D eigenvalue weighted by molar-refractivity contribution is 0.0729. The Morgan fingerprint density at radius 3 is 2.37 bits per heavy atom. The summed E-state index contributed by atoms with van der Waals surface area (Å²) in [4.78, 5) is 14.9. The number of hydrogen-bond acceptors (Lipinski definition) is 2. The summed E-state index contributed by atoms with van der Waals surface area (Å²) in [6.07, 6.45) is -0.230. The molecule has 3 aromatic rings. The van der Waals surface area contributed by atoms with Crippen molar-refractivity contribution in [2.75, 3.05) is 5.32 Å². The van der Waals surface area contributed by atoms with Gasteiger partial charge in [-0.3, -0.25) is 4.79 Å². The molecule has 3 nitrogen and oxygen atoms in total. The van der Waals surface area contributed by atoms with Gasteiger partial charge in [-0.2, -0.15) is 0 Å². The summed E-state index contributed by atoms with van der Waals surface area (Å²) in [5.41, 5.74) is 6.05. The highest BCUT2D eigenvalue weighted by Crippen LogP contribution is 2.36. The second-order valence-corrected chi connectivity index (χ2v) is 7.44. The summed E-state index contributed by atoms with van der Waals surface area (Å²) < 4.78 is 0. The van der Waals surface area contributed by atoms with Crippen molar-refractivity contribution in [3.05, 3.63) is 99.6 Å². The molecule has 1 atom stereocenters. The number of rotatable bonds is 4. The van der Waals surface area contributed by atoms with Gasteiger partial charge < -0.3 is 10.2 Å². The predicted octanol–water partition coefficient (Wildman–Crippen LogP) is 5.72. The van der Waals surface area contributed by atoms with Crippen LogP contribution >= 0.6 is 11.6 Å². The Hall–Kier alpha value is -2.78. The van der Waals surface area contributed by atoms with E-state index in [0.29, 0.717) is 11.6 Å². The van der Waals surface area contributed by atoms with Crippen LogP contribution in [0, 0.1) is 13.8 Å². The first-order chi connectivity index (χ1) is 13.0. The fourth-order valence-electron chi connectivity index (χ4n) is 3.71. The normalized spacial score (nSPS) is 15.7. The molecule has 1 aliphatic heterocycles. The molecule has 1 aliphatic rings. The Morgan fingerprint density at radius 2 is 1.63 bits per heavy atom. The first-order valence-electron chi connectivity index (χ1n) is 9.01. The predicted molar refractivity (Wildman–Crippen MR) is 110 cm³/mol. The van der Waals surface area contributed by atoms with Crippen LogP contribution in [-0.4, -0.2) is 10.8 Å². The maximum atomic E-state index is 13.1. The molecule has 0 saturated heterocycles. The summed E-state index contributed by atoms with van der Waals surface area (Å²) in [7, 11) is 0. The van der Waals surface area contributed by atoms with E-state index in [1.807, 2.05) is 53.4 Å². The van der Waals surface area contributed by atoms with Crippen molar-refractivity contribution < 1.29 is 4.79 Å². The van der Waals surface area contributed by atoms with Crippen LogP contribution in [0.5, 0.6) is 0 Å². The van der Waals surface area contributed by atoms with Crippen LogP contribution in [0.3, 0.4) is 0 Å². The molecule has 27 heavy (non-hydrogen) atoms. The highest BCUT2D eigenvalue weighted by molar-refractivity contribution is 6.31. The van der Waals surface area contributed by atoms with E-state index in [9.17, 15) is 4.79 Å². The third-order valence-electron chi connectivity index (χ3n) is 4.88. The van der Waals surface area contributed by atoms with E-state index in [2.05, 4.69) is 37.4 Å². The van der Waals surface area contributed by atoms with Gasteiger partial charge in [-0.25, -0.2) is 0 Å². The minimum atomic E-state index is -0.230. The minimum Gasteiger partial charge on any atom is -0.361 e. The van der Waals surface area contributed by atoms with E-state index in [4.69, 9.17) is 11.6 Å². The lowest BCUT2D eigenvalue weighted by atomic mass is 10.1. The first kappa shape index (κ1) is 17.6. The maximum absolute atomic E-state index is 13.1. The number of carbonyl (C=O) groups excluding carboxylic acids is 1. The SMILES string of the molecule is Cc1cc(C)cc(N[C@H]2c3ccccc3C(=O)N2Cc2ccccc2Cl)c1. The number of hydrogen-bond donors (Lipinski definition) is 1. The lowest BCUT2D eigenvalue weighted by Crippen LogP contribution is -2.32. The molecule has 0 spiro atoms. The number of benzene rings is 3. The highest BCUT2D eigenvalue weighted by Gasteiger charge is 2.36. The largest absolute Gasteiger partial charge is 0.361 e. The number of nitrogens with one attached hydrogen (secondary N) is 1. The van der Waals surface area contributed by atoms with E-state index in [-0.39, 0.29) is 12.1 Å². The van der Waals surface area contributed by atoms with Crippen LogP contribution in [0.15, 0.2) is 66.7 Å². The number of carbonyl (C=O) groups is 1. The summed E-state index contributed by atoms with van der Waals surface area (Å²) in [5, 5.41) is 4.23. The molecule has 0 radical (unpaired) electrons. The molecule has 0 aromatic heterocycles. The van der Waals surface area contributed by atoms with Gasteiger partial charge in [0.05, 0.1) is 0 Å². The Morgan fingerprint density at radius 1 is 0.963 bits per heavy atom. The van der Waals surface area contributed by atoms with Gasteiger partial charge in [0.25, 0.3) is 5.91 Å². The first-order valence-corrected chi connectivity index (χ1v) is 9.39. The Labute approximate surface area is 164 Å². The van der Waals surface area contributed by atoms with Gasteiger partial charge in [-0.1, -0.05) is 54.1 Å². The fourth-order valence-corrected chi connectivity index (χ4v) is 3.91. The molecule has 136 valence electrons. The number of nitrogens with zero attached hydrogens (tertiary/aromatic N) is 1. The summed E-state index contributed by atoms with van der Waals surface area (Å²) in [6.45, 7) is 4.61. The van der Waals surface area contributed by atoms with Crippen molar-refractivity contribution in [2.45, 2.75) is 26.6 Å². The van der Waals surface area contributed by atoms with Crippen LogP contribution in [0.2, 0.25) is 5.02 Å². The quantitative estimate of drug-likeness (QED) is 0.631. The number of fused-ring (bicyclic) bond motifs is 1. The molecule has 1 heterocycles. The smallest absolute Gasteiger partial charge is 0.256 e. The standard InChI is InChI=1S/C23H21ClN2O/c1-15-11-16(2)13-18(12-15)25-22-19-8-4-5-9-20(19)23(27)26(22)14-17-7-3-6-10-21(17)24/h3-13,22,25H,14H2,1-2H3/t22-/m1/s1. The molecule has 0 fully saturated rings. The third kappa shape index (κ3) is 3.43. The zero-order chi connectivity index (χ0) is 19.0. The third-order valence-corrected chi connectivity index (χ3v) is 5.25. The van der Waals surface area contributed by atoms with Crippen LogP contribution < -0.4 is 5.32 Å². The van der Waals surface area contributed by atoms with Crippen molar-refractivity contribution in [2.24, 2.45) is 0 Å². The number of anilines is 1. The van der Waals surface area contributed by atoms with E-state index < -0.39 is 0 Å². The average Bonchev–Trinajstić information content (AvgIpc) is 2.89.